The lowest BCUT2D eigenvalue weighted by molar-refractivity contribution is -0.151. The SMILES string of the molecule is CC(C)N(CCCO)CCC(=O)ONN. The van der Waals surface area contributed by atoms with Gasteiger partial charge in [0.25, 0.3) is 0 Å². The fraction of sp³-hybridized carbons (Fsp3) is 0.889. The molecule has 90 valence electrons. The number of nitrogens with one attached hydrogen (secondary N) is 1. The summed E-state index contributed by atoms with van der Waals surface area (Å²) in [4.78, 5) is 17.5. The molecule has 0 radical (unpaired) electrons. The largest absolute Gasteiger partial charge is 0.396 e. The van der Waals surface area contributed by atoms with Gasteiger partial charge < -0.3 is 14.8 Å². The van der Waals surface area contributed by atoms with Crippen LogP contribution in [-0.2, 0) is 9.63 Å². The zero-order valence-corrected chi connectivity index (χ0v) is 9.40. The molecule has 0 aliphatic heterocycles. The van der Waals surface area contributed by atoms with Gasteiger partial charge in [-0.05, 0) is 20.3 Å². The first kappa shape index (κ1) is 14.3. The van der Waals surface area contributed by atoms with Crippen molar-refractivity contribution in [3.8, 4) is 0 Å². The Labute approximate surface area is 90.3 Å². The summed E-state index contributed by atoms with van der Waals surface area (Å²) >= 11 is 0. The molecular weight excluding hydrogens is 198 g/mol. The number of rotatable bonds is 8. The number of carbonyl (C=O) groups excluding carboxylic acids is 1. The predicted octanol–water partition coefficient (Wildman–Crippen LogP) is -0.609. The summed E-state index contributed by atoms with van der Waals surface area (Å²) in [5.74, 6) is 4.45. The highest BCUT2D eigenvalue weighted by Crippen LogP contribution is 2.01. The van der Waals surface area contributed by atoms with Gasteiger partial charge in [-0.25, -0.2) is 5.84 Å². The Hall–Kier alpha value is -0.690. The van der Waals surface area contributed by atoms with Gasteiger partial charge in [-0.1, -0.05) is 5.59 Å². The molecule has 0 aromatic rings. The van der Waals surface area contributed by atoms with E-state index in [4.69, 9.17) is 10.9 Å². The van der Waals surface area contributed by atoms with Gasteiger partial charge in [0.1, 0.15) is 0 Å². The van der Waals surface area contributed by atoms with Crippen molar-refractivity contribution in [3.05, 3.63) is 0 Å². The van der Waals surface area contributed by atoms with Crippen molar-refractivity contribution in [1.29, 1.82) is 0 Å². The van der Waals surface area contributed by atoms with Gasteiger partial charge in [0.15, 0.2) is 0 Å². The molecule has 0 aliphatic carbocycles. The number of hydrogen-bond acceptors (Lipinski definition) is 6. The van der Waals surface area contributed by atoms with Crippen LogP contribution in [0.25, 0.3) is 0 Å². The fourth-order valence-electron chi connectivity index (χ4n) is 1.25. The summed E-state index contributed by atoms with van der Waals surface area (Å²) < 4.78 is 0. The number of nitrogens with zero attached hydrogens (tertiary/aromatic N) is 1. The maximum absolute atomic E-state index is 11.0. The first-order valence-corrected chi connectivity index (χ1v) is 5.12. The summed E-state index contributed by atoms with van der Waals surface area (Å²) in [6.45, 7) is 5.64. The van der Waals surface area contributed by atoms with Gasteiger partial charge in [0, 0.05) is 25.7 Å². The summed E-state index contributed by atoms with van der Waals surface area (Å²) in [6, 6.07) is 0.343. The molecule has 0 aliphatic rings. The Morgan fingerprint density at radius 1 is 1.53 bits per heavy atom. The Morgan fingerprint density at radius 2 is 2.20 bits per heavy atom. The Kier molecular flexibility index (Phi) is 8.21. The second-order valence-electron chi connectivity index (χ2n) is 3.55. The van der Waals surface area contributed by atoms with Crippen LogP contribution in [0.5, 0.6) is 0 Å². The van der Waals surface area contributed by atoms with Crippen molar-refractivity contribution in [3.63, 3.8) is 0 Å². The third kappa shape index (κ3) is 7.26. The molecule has 0 spiro atoms. The monoisotopic (exact) mass is 219 g/mol. The van der Waals surface area contributed by atoms with Crippen LogP contribution in [0.4, 0.5) is 0 Å². The number of hydrogen-bond donors (Lipinski definition) is 3. The van der Waals surface area contributed by atoms with E-state index >= 15 is 0 Å². The van der Waals surface area contributed by atoms with E-state index in [-0.39, 0.29) is 19.0 Å². The molecule has 0 heterocycles. The first-order chi connectivity index (χ1) is 7.11. The molecule has 0 bridgehead atoms. The van der Waals surface area contributed by atoms with Gasteiger partial charge in [-0.2, -0.15) is 0 Å². The van der Waals surface area contributed by atoms with Crippen LogP contribution in [0.15, 0.2) is 0 Å². The highest BCUT2D eigenvalue weighted by atomic mass is 16.7. The zero-order valence-electron chi connectivity index (χ0n) is 9.40. The van der Waals surface area contributed by atoms with Crippen molar-refractivity contribution in [2.75, 3.05) is 19.7 Å². The minimum Gasteiger partial charge on any atom is -0.396 e. The van der Waals surface area contributed by atoms with E-state index in [1.807, 2.05) is 19.4 Å². The maximum atomic E-state index is 11.0. The Bertz CT molecular complexity index is 176. The van der Waals surface area contributed by atoms with E-state index in [9.17, 15) is 4.79 Å². The van der Waals surface area contributed by atoms with E-state index < -0.39 is 0 Å². The summed E-state index contributed by atoms with van der Waals surface area (Å²) in [5.41, 5.74) is 1.86. The minimum atomic E-state index is -0.382. The van der Waals surface area contributed by atoms with Crippen LogP contribution in [0.1, 0.15) is 26.7 Å². The fourth-order valence-corrected chi connectivity index (χ4v) is 1.25. The molecule has 6 heteroatoms. The third-order valence-corrected chi connectivity index (χ3v) is 2.11. The second-order valence-corrected chi connectivity index (χ2v) is 3.55. The molecule has 0 rings (SSSR count). The van der Waals surface area contributed by atoms with Crippen LogP contribution in [0, 0.1) is 0 Å². The highest BCUT2D eigenvalue weighted by molar-refractivity contribution is 5.69. The molecule has 15 heavy (non-hydrogen) atoms. The Balaban J connectivity index is 3.79. The molecule has 0 aromatic carbocycles. The van der Waals surface area contributed by atoms with E-state index in [1.165, 1.54) is 0 Å². The predicted molar refractivity (Wildman–Crippen MR) is 56.4 cm³/mol. The van der Waals surface area contributed by atoms with Crippen molar-refractivity contribution < 1.29 is 14.7 Å². The molecule has 6 nitrogen and oxygen atoms in total. The van der Waals surface area contributed by atoms with E-state index in [1.54, 1.807) is 0 Å². The zero-order chi connectivity index (χ0) is 11.7. The van der Waals surface area contributed by atoms with Gasteiger partial charge in [-0.15, -0.1) is 0 Å². The van der Waals surface area contributed by atoms with E-state index in [0.717, 1.165) is 6.54 Å². The second kappa shape index (κ2) is 8.60. The average Bonchev–Trinajstić information content (AvgIpc) is 2.17. The van der Waals surface area contributed by atoms with Gasteiger partial charge in [-0.3, -0.25) is 4.79 Å². The number of carbonyl (C=O) groups is 1. The summed E-state index contributed by atoms with van der Waals surface area (Å²) in [5, 5.41) is 8.71. The van der Waals surface area contributed by atoms with Crippen molar-refractivity contribution >= 4 is 5.97 Å². The van der Waals surface area contributed by atoms with Crippen LogP contribution >= 0.6 is 0 Å². The van der Waals surface area contributed by atoms with E-state index in [2.05, 4.69) is 9.74 Å². The smallest absolute Gasteiger partial charge is 0.327 e. The molecule has 0 aromatic heterocycles. The highest BCUT2D eigenvalue weighted by Gasteiger charge is 2.11. The van der Waals surface area contributed by atoms with Crippen molar-refractivity contribution in [2.24, 2.45) is 5.84 Å². The molecule has 0 fully saturated rings. The lowest BCUT2D eigenvalue weighted by Gasteiger charge is -2.25. The number of hydrazine groups is 1. The lowest BCUT2D eigenvalue weighted by Crippen LogP contribution is -2.35. The molecular formula is C9H21N3O3. The lowest BCUT2D eigenvalue weighted by atomic mass is 10.2. The molecule has 0 unspecified atom stereocenters. The standard InChI is InChI=1S/C9H21N3O3/c1-8(2)12(5-3-7-13)6-4-9(14)15-11-10/h8,11,13H,3-7,10H2,1-2H3. The minimum absolute atomic E-state index is 0.165. The summed E-state index contributed by atoms with van der Waals surface area (Å²) in [7, 11) is 0. The van der Waals surface area contributed by atoms with Crippen LogP contribution < -0.4 is 11.4 Å². The maximum Gasteiger partial charge on any atom is 0.327 e. The molecule has 0 atom stereocenters. The average molecular weight is 219 g/mol. The Morgan fingerprint density at radius 3 is 2.67 bits per heavy atom. The van der Waals surface area contributed by atoms with Crippen LogP contribution in [-0.4, -0.2) is 41.7 Å². The number of aliphatic hydroxyl groups excluding tert-OH is 1. The first-order valence-electron chi connectivity index (χ1n) is 5.12. The van der Waals surface area contributed by atoms with E-state index in [0.29, 0.717) is 19.0 Å². The normalized spacial score (nSPS) is 11.1. The van der Waals surface area contributed by atoms with Gasteiger partial charge in [0.2, 0.25) is 0 Å². The number of aliphatic hydroxyl groups is 1. The molecule has 0 saturated heterocycles. The van der Waals surface area contributed by atoms with Crippen molar-refractivity contribution in [2.45, 2.75) is 32.7 Å². The molecule has 0 saturated carbocycles. The molecule has 4 N–H and O–H groups in total. The van der Waals surface area contributed by atoms with Crippen LogP contribution in [0.3, 0.4) is 0 Å². The van der Waals surface area contributed by atoms with Crippen molar-refractivity contribution in [1.82, 2.24) is 10.5 Å². The topological polar surface area (TPSA) is 87.8 Å². The quantitative estimate of drug-likeness (QED) is 0.373. The van der Waals surface area contributed by atoms with Crippen LogP contribution in [0.2, 0.25) is 0 Å². The third-order valence-electron chi connectivity index (χ3n) is 2.11. The molecule has 0 amide bonds. The summed E-state index contributed by atoms with van der Waals surface area (Å²) in [6.07, 6.45) is 0.996. The number of nitrogens with two attached hydrogens (primary N) is 1. The van der Waals surface area contributed by atoms with Gasteiger partial charge in [0.05, 0.1) is 6.42 Å². The van der Waals surface area contributed by atoms with Gasteiger partial charge >= 0.3 is 5.97 Å².